The van der Waals surface area contributed by atoms with Gasteiger partial charge in [0.25, 0.3) is 10.0 Å². The van der Waals surface area contributed by atoms with Crippen molar-refractivity contribution in [3.8, 4) is 5.82 Å². The summed E-state index contributed by atoms with van der Waals surface area (Å²) in [5, 5.41) is 2.95. The van der Waals surface area contributed by atoms with Gasteiger partial charge in [-0.3, -0.25) is 9.36 Å². The minimum atomic E-state index is -3.72. The molecule has 0 spiro atoms. The Morgan fingerprint density at radius 3 is 2.84 bits per heavy atom. The second-order valence-electron chi connectivity index (χ2n) is 7.45. The summed E-state index contributed by atoms with van der Waals surface area (Å²) in [6.07, 6.45) is 8.31. The van der Waals surface area contributed by atoms with Crippen LogP contribution < -0.4 is 5.32 Å². The van der Waals surface area contributed by atoms with Gasteiger partial charge in [-0.1, -0.05) is 18.2 Å². The van der Waals surface area contributed by atoms with Crippen molar-refractivity contribution in [3.05, 3.63) is 72.4 Å². The van der Waals surface area contributed by atoms with Gasteiger partial charge in [-0.05, 0) is 36.6 Å². The van der Waals surface area contributed by atoms with Crippen molar-refractivity contribution in [2.75, 3.05) is 6.54 Å². The Morgan fingerprint density at radius 1 is 1.19 bits per heavy atom. The number of hydrogen-bond acceptors (Lipinski definition) is 6. The molecule has 2 aromatic heterocycles. The fourth-order valence-electron chi connectivity index (χ4n) is 3.96. The zero-order chi connectivity index (χ0) is 21.4. The number of amidine groups is 1. The minimum Gasteiger partial charge on any atom is -0.350 e. The van der Waals surface area contributed by atoms with Gasteiger partial charge in [0, 0.05) is 37.2 Å². The highest BCUT2D eigenvalue weighted by molar-refractivity contribution is 7.90. The first-order valence-corrected chi connectivity index (χ1v) is 11.4. The van der Waals surface area contributed by atoms with Crippen LogP contribution in [0.5, 0.6) is 0 Å². The van der Waals surface area contributed by atoms with E-state index < -0.39 is 16.1 Å². The first-order chi connectivity index (χ1) is 15.0. The number of nitrogens with zero attached hydrogens (tertiary/aromatic N) is 5. The molecule has 1 aromatic carbocycles. The van der Waals surface area contributed by atoms with Gasteiger partial charge in [-0.25, -0.2) is 9.97 Å². The number of nitrogens with one attached hydrogen (secondary N) is 1. The molecule has 1 saturated heterocycles. The second-order valence-corrected chi connectivity index (χ2v) is 9.02. The number of hydrogen-bond donors (Lipinski definition) is 1. The van der Waals surface area contributed by atoms with E-state index in [1.807, 2.05) is 18.3 Å². The summed E-state index contributed by atoms with van der Waals surface area (Å²) in [5.74, 6) is 0.953. The Labute approximate surface area is 179 Å². The molecule has 0 bridgehead atoms. The molecule has 31 heavy (non-hydrogen) atoms. The lowest BCUT2D eigenvalue weighted by atomic mass is 10.1. The van der Waals surface area contributed by atoms with Crippen LogP contribution in [-0.4, -0.2) is 52.2 Å². The van der Waals surface area contributed by atoms with E-state index in [0.717, 1.165) is 17.8 Å². The number of rotatable bonds is 4. The Kier molecular flexibility index (Phi) is 4.78. The molecule has 158 valence electrons. The molecule has 1 N–H and O–H groups in total. The highest BCUT2D eigenvalue weighted by Crippen LogP contribution is 2.31. The maximum Gasteiger partial charge on any atom is 0.285 e. The van der Waals surface area contributed by atoms with Crippen molar-refractivity contribution in [2.45, 2.75) is 30.3 Å². The van der Waals surface area contributed by atoms with Crippen LogP contribution in [0.1, 0.15) is 24.0 Å². The van der Waals surface area contributed by atoms with Crippen molar-refractivity contribution in [2.24, 2.45) is 4.40 Å². The molecule has 0 aliphatic carbocycles. The van der Waals surface area contributed by atoms with E-state index in [1.54, 1.807) is 52.5 Å². The third-order valence-corrected chi connectivity index (χ3v) is 6.81. The molecule has 0 saturated carbocycles. The van der Waals surface area contributed by atoms with Gasteiger partial charge in [0.15, 0.2) is 5.84 Å². The summed E-state index contributed by atoms with van der Waals surface area (Å²) in [6, 6.07) is 10.0. The van der Waals surface area contributed by atoms with Crippen LogP contribution in [0.15, 0.2) is 70.6 Å². The fourth-order valence-corrected chi connectivity index (χ4v) is 5.18. The van der Waals surface area contributed by atoms with Crippen LogP contribution in [0, 0.1) is 0 Å². The summed E-state index contributed by atoms with van der Waals surface area (Å²) >= 11 is 0. The van der Waals surface area contributed by atoms with Gasteiger partial charge in [0.1, 0.15) is 23.1 Å². The lowest BCUT2D eigenvalue weighted by Crippen LogP contribution is -2.45. The molecule has 0 radical (unpaired) electrons. The van der Waals surface area contributed by atoms with Crippen molar-refractivity contribution >= 4 is 21.8 Å². The summed E-state index contributed by atoms with van der Waals surface area (Å²) in [7, 11) is -3.72. The van der Waals surface area contributed by atoms with Gasteiger partial charge < -0.3 is 10.2 Å². The predicted octanol–water partition coefficient (Wildman–Crippen LogP) is 1.50. The number of imidazole rings is 1. The second kappa shape index (κ2) is 7.62. The number of fused-ring (bicyclic) bond motifs is 1. The number of pyridine rings is 1. The number of carbonyl (C=O) groups is 1. The van der Waals surface area contributed by atoms with E-state index >= 15 is 0 Å². The van der Waals surface area contributed by atoms with Gasteiger partial charge in [-0.15, -0.1) is 4.40 Å². The summed E-state index contributed by atoms with van der Waals surface area (Å²) in [6.45, 7) is 0.920. The van der Waals surface area contributed by atoms with E-state index in [9.17, 15) is 13.2 Å². The largest absolute Gasteiger partial charge is 0.350 e. The fraction of sp³-hybridized carbons (Fsp3) is 0.238. The zero-order valence-electron chi connectivity index (χ0n) is 16.5. The van der Waals surface area contributed by atoms with E-state index in [4.69, 9.17) is 0 Å². The number of likely N-dealkylation sites (tertiary alicyclic amines) is 1. The van der Waals surface area contributed by atoms with Crippen molar-refractivity contribution in [3.63, 3.8) is 0 Å². The molecular formula is C21H20N6O3S. The van der Waals surface area contributed by atoms with E-state index in [1.165, 1.54) is 0 Å². The summed E-state index contributed by atoms with van der Waals surface area (Å²) in [4.78, 5) is 23.3. The maximum atomic E-state index is 12.9. The number of carbonyl (C=O) groups excluding carboxylic acids is 1. The molecule has 2 aliphatic heterocycles. The molecular weight excluding hydrogens is 416 g/mol. The van der Waals surface area contributed by atoms with E-state index in [0.29, 0.717) is 30.9 Å². The monoisotopic (exact) mass is 436 g/mol. The Bertz CT molecular complexity index is 1250. The topological polar surface area (TPSA) is 110 Å². The van der Waals surface area contributed by atoms with Gasteiger partial charge in [0.05, 0.1) is 0 Å². The molecule has 3 aromatic rings. The average molecular weight is 436 g/mol. The Balaban J connectivity index is 1.29. The number of amides is 1. The van der Waals surface area contributed by atoms with Crippen LogP contribution in [0.3, 0.4) is 0 Å². The van der Waals surface area contributed by atoms with Crippen molar-refractivity contribution in [1.29, 1.82) is 0 Å². The summed E-state index contributed by atoms with van der Waals surface area (Å²) in [5.41, 5.74) is 1.43. The van der Waals surface area contributed by atoms with E-state index in [2.05, 4.69) is 19.7 Å². The molecule has 10 heteroatoms. The lowest BCUT2D eigenvalue weighted by molar-refractivity contribution is -0.124. The zero-order valence-corrected chi connectivity index (χ0v) is 17.4. The SMILES string of the molecule is O=C(NCc1ccc(-n2ccnc2)nc1)[C@@H]1CCCN1C1=NS(=O)(=O)c2ccccc21. The number of sulfonamides is 1. The molecule has 2 aliphatic rings. The molecule has 9 nitrogen and oxygen atoms in total. The molecule has 5 rings (SSSR count). The third-order valence-electron chi connectivity index (χ3n) is 5.48. The average Bonchev–Trinajstić information content (AvgIpc) is 3.52. The Morgan fingerprint density at radius 2 is 2.06 bits per heavy atom. The van der Waals surface area contributed by atoms with Crippen molar-refractivity contribution < 1.29 is 13.2 Å². The highest BCUT2D eigenvalue weighted by Gasteiger charge is 2.39. The minimum absolute atomic E-state index is 0.152. The van der Waals surface area contributed by atoms with Crippen LogP contribution in [0.2, 0.25) is 0 Å². The van der Waals surface area contributed by atoms with Crippen LogP contribution in [-0.2, 0) is 21.4 Å². The van der Waals surface area contributed by atoms with Gasteiger partial charge in [-0.2, -0.15) is 8.42 Å². The highest BCUT2D eigenvalue weighted by atomic mass is 32.2. The standard InChI is InChI=1S/C21H20N6O3S/c28-21(24-13-15-7-8-19(23-12-15)26-11-9-22-14-26)17-5-3-10-27(17)20-16-4-1-2-6-18(16)31(29,30)25-20/h1-2,4,6-9,11-12,14,17H,3,5,10,13H2,(H,24,28)/t17-/m0/s1. The van der Waals surface area contributed by atoms with Crippen LogP contribution in [0.4, 0.5) is 0 Å². The Hall–Kier alpha value is -3.53. The molecule has 0 unspecified atom stereocenters. The number of aromatic nitrogens is 3. The maximum absolute atomic E-state index is 12.9. The first-order valence-electron chi connectivity index (χ1n) is 9.95. The molecule has 4 heterocycles. The normalized spacial score (nSPS) is 19.2. The van der Waals surface area contributed by atoms with Crippen LogP contribution >= 0.6 is 0 Å². The smallest absolute Gasteiger partial charge is 0.285 e. The third kappa shape index (κ3) is 3.59. The van der Waals surface area contributed by atoms with Crippen LogP contribution in [0.25, 0.3) is 5.82 Å². The molecule has 1 amide bonds. The predicted molar refractivity (Wildman–Crippen MR) is 113 cm³/mol. The van der Waals surface area contributed by atoms with Gasteiger partial charge >= 0.3 is 0 Å². The quantitative estimate of drug-likeness (QED) is 0.664. The lowest BCUT2D eigenvalue weighted by Gasteiger charge is -2.25. The molecule has 1 atom stereocenters. The first kappa shape index (κ1) is 19.4. The van der Waals surface area contributed by atoms with Crippen molar-refractivity contribution in [1.82, 2.24) is 24.8 Å². The molecule has 1 fully saturated rings. The number of benzene rings is 1. The van der Waals surface area contributed by atoms with Gasteiger partial charge in [0.2, 0.25) is 5.91 Å². The summed E-state index contributed by atoms with van der Waals surface area (Å²) < 4.78 is 30.6. The van der Waals surface area contributed by atoms with E-state index in [-0.39, 0.29) is 10.8 Å².